The van der Waals surface area contributed by atoms with Crippen LogP contribution in [-0.4, -0.2) is 5.91 Å². The predicted octanol–water partition coefficient (Wildman–Crippen LogP) is 3.08. The van der Waals surface area contributed by atoms with Gasteiger partial charge in [0.25, 0.3) is 0 Å². The zero-order chi connectivity index (χ0) is 14.4. The van der Waals surface area contributed by atoms with Crippen molar-refractivity contribution in [2.45, 2.75) is 25.8 Å². The topological polar surface area (TPSA) is 55.1 Å². The van der Waals surface area contributed by atoms with E-state index in [9.17, 15) is 4.79 Å². The summed E-state index contributed by atoms with van der Waals surface area (Å²) in [5.41, 5.74) is 8.66. The van der Waals surface area contributed by atoms with Crippen LogP contribution in [0.2, 0.25) is 0 Å². The maximum absolute atomic E-state index is 11.9. The molecule has 0 fully saturated rings. The molecular formula is C17H20N2O. The summed E-state index contributed by atoms with van der Waals surface area (Å²) < 4.78 is 0. The van der Waals surface area contributed by atoms with Gasteiger partial charge in [0.2, 0.25) is 5.91 Å². The number of benzene rings is 2. The molecule has 3 heteroatoms. The summed E-state index contributed by atoms with van der Waals surface area (Å²) in [7, 11) is 0. The Kier molecular flexibility index (Phi) is 4.77. The lowest BCUT2D eigenvalue weighted by atomic mass is 10.1. The first-order valence-corrected chi connectivity index (χ1v) is 6.84. The first-order valence-electron chi connectivity index (χ1n) is 6.84. The molecule has 3 nitrogen and oxygen atoms in total. The standard InChI is InChI=1S/C17H20N2O/c1-13(15-7-3-2-4-8-15)19-17(20)11-10-14-6-5-9-16(18)12-14/h2-9,12-13H,10-11,18H2,1H3,(H,19,20). The van der Waals surface area contributed by atoms with Gasteiger partial charge in [0.1, 0.15) is 0 Å². The Morgan fingerprint density at radius 2 is 1.90 bits per heavy atom. The van der Waals surface area contributed by atoms with Gasteiger partial charge in [0.15, 0.2) is 0 Å². The minimum atomic E-state index is 0.0320. The van der Waals surface area contributed by atoms with E-state index in [0.29, 0.717) is 12.8 Å². The van der Waals surface area contributed by atoms with Crippen molar-refractivity contribution in [3.63, 3.8) is 0 Å². The van der Waals surface area contributed by atoms with E-state index in [1.807, 2.05) is 61.5 Å². The van der Waals surface area contributed by atoms with E-state index in [4.69, 9.17) is 5.73 Å². The van der Waals surface area contributed by atoms with Crippen LogP contribution in [0.15, 0.2) is 54.6 Å². The number of hydrogen-bond donors (Lipinski definition) is 2. The molecule has 0 saturated carbocycles. The molecular weight excluding hydrogens is 248 g/mol. The van der Waals surface area contributed by atoms with Crippen LogP contribution in [0.1, 0.15) is 30.5 Å². The lowest BCUT2D eigenvalue weighted by Crippen LogP contribution is -2.26. The third-order valence-electron chi connectivity index (χ3n) is 3.27. The van der Waals surface area contributed by atoms with E-state index in [1.165, 1.54) is 0 Å². The minimum Gasteiger partial charge on any atom is -0.399 e. The molecule has 0 saturated heterocycles. The number of nitrogen functional groups attached to an aromatic ring is 1. The Labute approximate surface area is 119 Å². The molecule has 0 spiro atoms. The monoisotopic (exact) mass is 268 g/mol. The first-order chi connectivity index (χ1) is 9.65. The third kappa shape index (κ3) is 4.12. The molecule has 0 bridgehead atoms. The Bertz CT molecular complexity index is 566. The maximum atomic E-state index is 11.9. The van der Waals surface area contributed by atoms with Gasteiger partial charge in [0, 0.05) is 12.1 Å². The van der Waals surface area contributed by atoms with Crippen molar-refractivity contribution in [3.8, 4) is 0 Å². The minimum absolute atomic E-state index is 0.0320. The van der Waals surface area contributed by atoms with Crippen LogP contribution in [-0.2, 0) is 11.2 Å². The van der Waals surface area contributed by atoms with E-state index in [-0.39, 0.29) is 11.9 Å². The number of carbonyl (C=O) groups is 1. The third-order valence-corrected chi connectivity index (χ3v) is 3.27. The van der Waals surface area contributed by atoms with Crippen LogP contribution in [0.4, 0.5) is 5.69 Å². The smallest absolute Gasteiger partial charge is 0.220 e. The molecule has 20 heavy (non-hydrogen) atoms. The largest absolute Gasteiger partial charge is 0.399 e. The summed E-state index contributed by atoms with van der Waals surface area (Å²) in [4.78, 5) is 11.9. The van der Waals surface area contributed by atoms with E-state index in [2.05, 4.69) is 5.32 Å². The summed E-state index contributed by atoms with van der Waals surface area (Å²) in [5, 5.41) is 3.01. The number of carbonyl (C=O) groups excluding carboxylic acids is 1. The highest BCUT2D eigenvalue weighted by molar-refractivity contribution is 5.76. The zero-order valence-corrected chi connectivity index (χ0v) is 11.7. The molecule has 0 aliphatic carbocycles. The molecule has 104 valence electrons. The van der Waals surface area contributed by atoms with Gasteiger partial charge < -0.3 is 11.1 Å². The molecule has 0 heterocycles. The van der Waals surface area contributed by atoms with Gasteiger partial charge in [-0.1, -0.05) is 42.5 Å². The van der Waals surface area contributed by atoms with Gasteiger partial charge in [-0.05, 0) is 36.6 Å². The molecule has 3 N–H and O–H groups in total. The molecule has 2 aromatic rings. The van der Waals surface area contributed by atoms with E-state index >= 15 is 0 Å². The van der Waals surface area contributed by atoms with E-state index < -0.39 is 0 Å². The Hall–Kier alpha value is -2.29. The number of nitrogens with two attached hydrogens (primary N) is 1. The fourth-order valence-electron chi connectivity index (χ4n) is 2.15. The van der Waals surface area contributed by atoms with Gasteiger partial charge in [-0.3, -0.25) is 4.79 Å². The van der Waals surface area contributed by atoms with E-state index in [0.717, 1.165) is 16.8 Å². The van der Waals surface area contributed by atoms with Crippen molar-refractivity contribution in [1.82, 2.24) is 5.32 Å². The second kappa shape index (κ2) is 6.75. The second-order valence-corrected chi connectivity index (χ2v) is 4.94. The van der Waals surface area contributed by atoms with Crippen molar-refractivity contribution in [2.75, 3.05) is 5.73 Å². The van der Waals surface area contributed by atoms with Crippen molar-refractivity contribution < 1.29 is 4.79 Å². The van der Waals surface area contributed by atoms with Crippen molar-refractivity contribution >= 4 is 11.6 Å². The number of amides is 1. The molecule has 0 aliphatic rings. The Balaban J connectivity index is 1.84. The van der Waals surface area contributed by atoms with Crippen molar-refractivity contribution in [1.29, 1.82) is 0 Å². The summed E-state index contributed by atoms with van der Waals surface area (Å²) in [6.07, 6.45) is 1.18. The predicted molar refractivity (Wildman–Crippen MR) is 82.2 cm³/mol. The van der Waals surface area contributed by atoms with Crippen LogP contribution >= 0.6 is 0 Å². The van der Waals surface area contributed by atoms with Crippen molar-refractivity contribution in [2.24, 2.45) is 0 Å². The summed E-state index contributed by atoms with van der Waals surface area (Å²) >= 11 is 0. The number of hydrogen-bond acceptors (Lipinski definition) is 2. The highest BCUT2D eigenvalue weighted by Crippen LogP contribution is 2.12. The van der Waals surface area contributed by atoms with Crippen LogP contribution in [0.25, 0.3) is 0 Å². The molecule has 2 rings (SSSR count). The van der Waals surface area contributed by atoms with Crippen molar-refractivity contribution in [3.05, 3.63) is 65.7 Å². The number of nitrogens with one attached hydrogen (secondary N) is 1. The number of rotatable bonds is 5. The molecule has 0 radical (unpaired) electrons. The van der Waals surface area contributed by atoms with Crippen LogP contribution in [0.3, 0.4) is 0 Å². The second-order valence-electron chi connectivity index (χ2n) is 4.94. The molecule has 0 aliphatic heterocycles. The van der Waals surface area contributed by atoms with Gasteiger partial charge in [0.05, 0.1) is 6.04 Å². The number of anilines is 1. The number of aryl methyl sites for hydroxylation is 1. The molecule has 2 aromatic carbocycles. The fourth-order valence-corrected chi connectivity index (χ4v) is 2.15. The van der Waals surface area contributed by atoms with Gasteiger partial charge in [-0.25, -0.2) is 0 Å². The lowest BCUT2D eigenvalue weighted by Gasteiger charge is -2.14. The molecule has 1 atom stereocenters. The Morgan fingerprint density at radius 3 is 2.60 bits per heavy atom. The van der Waals surface area contributed by atoms with Crippen LogP contribution < -0.4 is 11.1 Å². The summed E-state index contributed by atoms with van der Waals surface area (Å²) in [5.74, 6) is 0.0591. The fraction of sp³-hybridized carbons (Fsp3) is 0.235. The molecule has 1 amide bonds. The average Bonchev–Trinajstić information content (AvgIpc) is 2.46. The lowest BCUT2D eigenvalue weighted by molar-refractivity contribution is -0.121. The van der Waals surface area contributed by atoms with Gasteiger partial charge >= 0.3 is 0 Å². The molecule has 0 aromatic heterocycles. The highest BCUT2D eigenvalue weighted by Gasteiger charge is 2.09. The van der Waals surface area contributed by atoms with Crippen LogP contribution in [0, 0.1) is 0 Å². The summed E-state index contributed by atoms with van der Waals surface area (Å²) in [6, 6.07) is 17.7. The van der Waals surface area contributed by atoms with E-state index in [1.54, 1.807) is 0 Å². The summed E-state index contributed by atoms with van der Waals surface area (Å²) in [6.45, 7) is 1.99. The van der Waals surface area contributed by atoms with Crippen LogP contribution in [0.5, 0.6) is 0 Å². The normalized spacial score (nSPS) is 11.8. The molecule has 1 unspecified atom stereocenters. The average molecular weight is 268 g/mol. The Morgan fingerprint density at radius 1 is 1.15 bits per heavy atom. The highest BCUT2D eigenvalue weighted by atomic mass is 16.1. The first kappa shape index (κ1) is 14.1. The quantitative estimate of drug-likeness (QED) is 0.819. The SMILES string of the molecule is CC(NC(=O)CCc1cccc(N)c1)c1ccccc1. The van der Waals surface area contributed by atoms with Gasteiger partial charge in [-0.2, -0.15) is 0 Å². The maximum Gasteiger partial charge on any atom is 0.220 e. The zero-order valence-electron chi connectivity index (χ0n) is 11.7. The van der Waals surface area contributed by atoms with Gasteiger partial charge in [-0.15, -0.1) is 0 Å².